The fourth-order valence-electron chi connectivity index (χ4n) is 1.40. The highest BCUT2D eigenvalue weighted by Gasteiger charge is 2.12. The molecule has 1 atom stereocenters. The number of nitrogens with zero attached hydrogens (tertiary/aromatic N) is 1. The predicted molar refractivity (Wildman–Crippen MR) is 40.4 cm³/mol. The minimum absolute atomic E-state index is 0.753. The first kappa shape index (κ1) is 6.81. The third kappa shape index (κ3) is 1.83. The van der Waals surface area contributed by atoms with Crippen LogP contribution in [0.1, 0.15) is 12.8 Å². The molecule has 0 aromatic rings. The second-order valence-electron chi connectivity index (χ2n) is 2.90. The molecule has 0 radical (unpaired) electrons. The van der Waals surface area contributed by atoms with Crippen molar-refractivity contribution >= 4 is 0 Å². The summed E-state index contributed by atoms with van der Waals surface area (Å²) in [6.45, 7) is 6.27. The van der Waals surface area contributed by atoms with Crippen molar-refractivity contribution in [2.75, 3.05) is 20.1 Å². The topological polar surface area (TPSA) is 3.24 Å². The van der Waals surface area contributed by atoms with Gasteiger partial charge in [0.25, 0.3) is 0 Å². The summed E-state index contributed by atoms with van der Waals surface area (Å²) in [6.07, 6.45) is 4.76. The molecule has 0 saturated carbocycles. The molecule has 0 aromatic heterocycles. The van der Waals surface area contributed by atoms with Crippen LogP contribution in [0.15, 0.2) is 12.7 Å². The highest BCUT2D eigenvalue weighted by atomic mass is 15.1. The van der Waals surface area contributed by atoms with Gasteiger partial charge in [-0.3, -0.25) is 0 Å². The maximum atomic E-state index is 3.79. The number of piperidine rings is 1. The molecule has 1 heteroatoms. The Hall–Kier alpha value is -0.300. The molecule has 1 rings (SSSR count). The first-order chi connectivity index (χ1) is 4.33. The van der Waals surface area contributed by atoms with Crippen molar-refractivity contribution < 1.29 is 0 Å². The van der Waals surface area contributed by atoms with Crippen LogP contribution in [-0.2, 0) is 0 Å². The normalized spacial score (nSPS) is 30.1. The van der Waals surface area contributed by atoms with Crippen molar-refractivity contribution in [3.05, 3.63) is 12.7 Å². The van der Waals surface area contributed by atoms with Gasteiger partial charge in [-0.25, -0.2) is 0 Å². The van der Waals surface area contributed by atoms with E-state index in [1.807, 2.05) is 0 Å². The minimum atomic E-state index is 0.753. The van der Waals surface area contributed by atoms with E-state index in [9.17, 15) is 0 Å². The molecule has 1 heterocycles. The van der Waals surface area contributed by atoms with Crippen molar-refractivity contribution in [2.45, 2.75) is 12.8 Å². The molecule has 0 aromatic carbocycles. The van der Waals surface area contributed by atoms with Crippen LogP contribution in [-0.4, -0.2) is 25.0 Å². The summed E-state index contributed by atoms with van der Waals surface area (Å²) in [7, 11) is 2.18. The lowest BCUT2D eigenvalue weighted by Gasteiger charge is -2.27. The van der Waals surface area contributed by atoms with Crippen LogP contribution in [0, 0.1) is 5.92 Å². The van der Waals surface area contributed by atoms with E-state index in [0.717, 1.165) is 5.92 Å². The smallest absolute Gasteiger partial charge is 0.00412 e. The van der Waals surface area contributed by atoms with E-state index in [0.29, 0.717) is 0 Å². The number of hydrogen-bond acceptors (Lipinski definition) is 1. The molecular formula is C8H15N. The van der Waals surface area contributed by atoms with Crippen molar-refractivity contribution in [1.29, 1.82) is 0 Å². The summed E-state index contributed by atoms with van der Waals surface area (Å²) in [5.41, 5.74) is 0. The molecule has 1 aliphatic heterocycles. The van der Waals surface area contributed by atoms with Gasteiger partial charge in [0, 0.05) is 6.54 Å². The fraction of sp³-hybridized carbons (Fsp3) is 0.750. The van der Waals surface area contributed by atoms with Gasteiger partial charge in [-0.05, 0) is 32.4 Å². The van der Waals surface area contributed by atoms with Crippen molar-refractivity contribution in [1.82, 2.24) is 4.90 Å². The van der Waals surface area contributed by atoms with Crippen LogP contribution in [0.25, 0.3) is 0 Å². The van der Waals surface area contributed by atoms with Crippen molar-refractivity contribution in [3.63, 3.8) is 0 Å². The minimum Gasteiger partial charge on any atom is -0.306 e. The molecule has 0 bridgehead atoms. The van der Waals surface area contributed by atoms with Gasteiger partial charge < -0.3 is 4.90 Å². The lowest BCUT2D eigenvalue weighted by atomic mass is 9.99. The molecule has 0 spiro atoms. The van der Waals surface area contributed by atoms with Gasteiger partial charge in [-0.1, -0.05) is 6.08 Å². The maximum absolute atomic E-state index is 3.79. The molecule has 1 aliphatic rings. The van der Waals surface area contributed by atoms with Gasteiger partial charge in [0.15, 0.2) is 0 Å². The van der Waals surface area contributed by atoms with Gasteiger partial charge in [-0.2, -0.15) is 0 Å². The summed E-state index contributed by atoms with van der Waals surface area (Å²) in [5, 5.41) is 0. The highest BCUT2D eigenvalue weighted by molar-refractivity contribution is 4.83. The van der Waals surface area contributed by atoms with E-state index in [4.69, 9.17) is 0 Å². The van der Waals surface area contributed by atoms with Gasteiger partial charge >= 0.3 is 0 Å². The SMILES string of the molecule is C=CC1CCCN(C)C1. The zero-order valence-corrected chi connectivity index (χ0v) is 6.14. The van der Waals surface area contributed by atoms with Crippen LogP contribution in [0.3, 0.4) is 0 Å². The standard InChI is InChI=1S/C8H15N/c1-3-8-5-4-6-9(2)7-8/h3,8H,1,4-7H2,2H3. The molecule has 9 heavy (non-hydrogen) atoms. The summed E-state index contributed by atoms with van der Waals surface area (Å²) in [4.78, 5) is 2.37. The van der Waals surface area contributed by atoms with E-state index < -0.39 is 0 Å². The Kier molecular flexibility index (Phi) is 2.29. The summed E-state index contributed by atoms with van der Waals surface area (Å²) >= 11 is 0. The Balaban J connectivity index is 2.31. The van der Waals surface area contributed by atoms with Gasteiger partial charge in [0.1, 0.15) is 0 Å². The average Bonchev–Trinajstić information content (AvgIpc) is 1.88. The van der Waals surface area contributed by atoms with Crippen LogP contribution < -0.4 is 0 Å². The Morgan fingerprint density at radius 3 is 2.89 bits per heavy atom. The van der Waals surface area contributed by atoms with E-state index in [1.165, 1.54) is 25.9 Å². The molecule has 1 unspecified atom stereocenters. The zero-order valence-electron chi connectivity index (χ0n) is 6.14. The van der Waals surface area contributed by atoms with Crippen LogP contribution in [0.4, 0.5) is 0 Å². The van der Waals surface area contributed by atoms with Gasteiger partial charge in [-0.15, -0.1) is 6.58 Å². The van der Waals surface area contributed by atoms with Crippen LogP contribution in [0.2, 0.25) is 0 Å². The molecule has 0 N–H and O–H groups in total. The fourth-order valence-corrected chi connectivity index (χ4v) is 1.40. The Labute approximate surface area is 57.4 Å². The molecule has 0 aliphatic carbocycles. The Bertz CT molecular complexity index is 98.7. The van der Waals surface area contributed by atoms with Gasteiger partial charge in [0.2, 0.25) is 0 Å². The summed E-state index contributed by atoms with van der Waals surface area (Å²) in [6, 6.07) is 0. The Morgan fingerprint density at radius 2 is 2.44 bits per heavy atom. The van der Waals surface area contributed by atoms with E-state index >= 15 is 0 Å². The molecule has 1 nitrogen and oxygen atoms in total. The lowest BCUT2D eigenvalue weighted by Crippen LogP contribution is -2.30. The molecular weight excluding hydrogens is 110 g/mol. The quantitative estimate of drug-likeness (QED) is 0.480. The van der Waals surface area contributed by atoms with E-state index in [-0.39, 0.29) is 0 Å². The van der Waals surface area contributed by atoms with E-state index in [1.54, 1.807) is 0 Å². The summed E-state index contributed by atoms with van der Waals surface area (Å²) in [5.74, 6) is 0.753. The first-order valence-electron chi connectivity index (χ1n) is 3.64. The average molecular weight is 125 g/mol. The number of hydrogen-bond donors (Lipinski definition) is 0. The third-order valence-corrected chi connectivity index (χ3v) is 1.99. The maximum Gasteiger partial charge on any atom is 0.00412 e. The largest absolute Gasteiger partial charge is 0.306 e. The van der Waals surface area contributed by atoms with Gasteiger partial charge in [0.05, 0.1) is 0 Å². The Morgan fingerprint density at radius 1 is 1.67 bits per heavy atom. The predicted octanol–water partition coefficient (Wildman–Crippen LogP) is 1.51. The molecule has 52 valence electrons. The first-order valence-corrected chi connectivity index (χ1v) is 3.64. The zero-order chi connectivity index (χ0) is 6.69. The molecule has 1 saturated heterocycles. The highest BCUT2D eigenvalue weighted by Crippen LogP contribution is 2.14. The van der Waals surface area contributed by atoms with Crippen molar-refractivity contribution in [3.8, 4) is 0 Å². The van der Waals surface area contributed by atoms with Crippen LogP contribution >= 0.6 is 0 Å². The second kappa shape index (κ2) is 3.02. The van der Waals surface area contributed by atoms with Crippen molar-refractivity contribution in [2.24, 2.45) is 5.92 Å². The van der Waals surface area contributed by atoms with E-state index in [2.05, 4.69) is 24.6 Å². The monoisotopic (exact) mass is 125 g/mol. The number of likely N-dealkylation sites (tertiary alicyclic amines) is 1. The van der Waals surface area contributed by atoms with Crippen LogP contribution in [0.5, 0.6) is 0 Å². The second-order valence-corrected chi connectivity index (χ2v) is 2.90. The molecule has 1 fully saturated rings. The lowest BCUT2D eigenvalue weighted by molar-refractivity contribution is 0.237. The summed E-state index contributed by atoms with van der Waals surface area (Å²) < 4.78 is 0. The molecule has 0 amide bonds. The third-order valence-electron chi connectivity index (χ3n) is 1.99. The number of rotatable bonds is 1.